The Morgan fingerprint density at radius 1 is 1.50 bits per heavy atom. The fraction of sp³-hybridized carbons (Fsp3) is 0.0909. The van der Waals surface area contributed by atoms with Crippen LogP contribution in [0.1, 0.15) is 21.6 Å². The summed E-state index contributed by atoms with van der Waals surface area (Å²) in [6, 6.07) is 3.79. The van der Waals surface area contributed by atoms with E-state index in [0.29, 0.717) is 11.3 Å². The Balaban J connectivity index is 2.45. The van der Waals surface area contributed by atoms with Crippen LogP contribution in [-0.2, 0) is 0 Å². The van der Waals surface area contributed by atoms with Crippen molar-refractivity contribution in [1.29, 1.82) is 5.26 Å². The predicted octanol–water partition coefficient (Wildman–Crippen LogP) is 1.26. The van der Waals surface area contributed by atoms with E-state index < -0.39 is 0 Å². The molecule has 5 heteroatoms. The number of hydrogen-bond donors (Lipinski definition) is 0. The maximum atomic E-state index is 10.5. The molecule has 0 saturated carbocycles. The number of carbonyl (C=O) groups is 1. The average molecular weight is 212 g/mol. The van der Waals surface area contributed by atoms with Crippen molar-refractivity contribution in [2.75, 3.05) is 0 Å². The van der Waals surface area contributed by atoms with E-state index in [1.54, 1.807) is 30.1 Å². The van der Waals surface area contributed by atoms with Gasteiger partial charge in [-0.1, -0.05) is 0 Å². The third kappa shape index (κ3) is 1.68. The van der Waals surface area contributed by atoms with Gasteiger partial charge in [-0.25, -0.2) is 9.67 Å². The Labute approximate surface area is 92.0 Å². The van der Waals surface area contributed by atoms with Crippen molar-refractivity contribution < 1.29 is 4.79 Å². The van der Waals surface area contributed by atoms with Crippen molar-refractivity contribution in [2.24, 2.45) is 0 Å². The van der Waals surface area contributed by atoms with Crippen LogP contribution in [0.3, 0.4) is 0 Å². The molecule has 0 aromatic carbocycles. The maximum absolute atomic E-state index is 10.5. The Morgan fingerprint density at radius 3 is 2.88 bits per heavy atom. The molecule has 78 valence electrons. The molecule has 2 heterocycles. The van der Waals surface area contributed by atoms with E-state index in [2.05, 4.69) is 10.1 Å². The lowest BCUT2D eigenvalue weighted by Gasteiger charge is -2.02. The van der Waals surface area contributed by atoms with Gasteiger partial charge in [0, 0.05) is 6.20 Å². The Bertz CT molecular complexity index is 580. The molecular weight excluding hydrogens is 204 g/mol. The van der Waals surface area contributed by atoms with Crippen LogP contribution in [0.4, 0.5) is 0 Å². The van der Waals surface area contributed by atoms with Gasteiger partial charge in [0.15, 0.2) is 6.29 Å². The molecule has 0 radical (unpaired) electrons. The zero-order chi connectivity index (χ0) is 11.5. The summed E-state index contributed by atoms with van der Waals surface area (Å²) >= 11 is 0. The molecule has 2 aromatic heterocycles. The first-order valence-electron chi connectivity index (χ1n) is 4.61. The van der Waals surface area contributed by atoms with E-state index in [9.17, 15) is 4.79 Å². The Hall–Kier alpha value is -2.48. The normalized spacial score (nSPS) is 9.75. The van der Waals surface area contributed by atoms with E-state index in [1.807, 2.05) is 6.07 Å². The summed E-state index contributed by atoms with van der Waals surface area (Å²) in [5.41, 5.74) is 2.40. The molecule has 0 aliphatic heterocycles. The average Bonchev–Trinajstić information content (AvgIpc) is 2.77. The Morgan fingerprint density at radius 2 is 2.31 bits per heavy atom. The predicted molar refractivity (Wildman–Crippen MR) is 56.2 cm³/mol. The van der Waals surface area contributed by atoms with Crippen molar-refractivity contribution >= 4 is 6.29 Å². The van der Waals surface area contributed by atoms with Crippen LogP contribution >= 0.6 is 0 Å². The maximum Gasteiger partial charge on any atom is 0.153 e. The van der Waals surface area contributed by atoms with E-state index in [4.69, 9.17) is 5.26 Å². The number of hydrogen-bond acceptors (Lipinski definition) is 4. The summed E-state index contributed by atoms with van der Waals surface area (Å²) in [7, 11) is 0. The molecule has 0 aliphatic carbocycles. The topological polar surface area (TPSA) is 71.6 Å². The van der Waals surface area contributed by atoms with Gasteiger partial charge in [0.2, 0.25) is 0 Å². The number of nitriles is 1. The monoisotopic (exact) mass is 212 g/mol. The first-order chi connectivity index (χ1) is 7.74. The Kier molecular flexibility index (Phi) is 2.48. The summed E-state index contributed by atoms with van der Waals surface area (Å²) < 4.78 is 1.55. The van der Waals surface area contributed by atoms with Crippen molar-refractivity contribution in [1.82, 2.24) is 14.8 Å². The molecule has 0 amide bonds. The number of carbonyl (C=O) groups excluding carboxylic acids is 1. The number of aryl methyl sites for hydroxylation is 1. The molecule has 0 unspecified atom stereocenters. The molecule has 0 atom stereocenters. The van der Waals surface area contributed by atoms with Crippen LogP contribution < -0.4 is 0 Å². The molecule has 2 aromatic rings. The van der Waals surface area contributed by atoms with Gasteiger partial charge in [-0.2, -0.15) is 10.4 Å². The number of pyridine rings is 1. The highest BCUT2D eigenvalue weighted by atomic mass is 16.1. The summed E-state index contributed by atoms with van der Waals surface area (Å²) in [6.07, 6.45) is 5.36. The van der Waals surface area contributed by atoms with Gasteiger partial charge in [-0.05, 0) is 18.6 Å². The highest BCUT2D eigenvalue weighted by Crippen LogP contribution is 2.11. The van der Waals surface area contributed by atoms with E-state index in [-0.39, 0.29) is 0 Å². The largest absolute Gasteiger partial charge is 0.298 e. The number of rotatable bonds is 2. The molecule has 0 spiro atoms. The summed E-state index contributed by atoms with van der Waals surface area (Å²) in [5, 5.41) is 12.8. The second-order valence-electron chi connectivity index (χ2n) is 3.31. The quantitative estimate of drug-likeness (QED) is 0.702. The molecule has 16 heavy (non-hydrogen) atoms. The lowest BCUT2D eigenvalue weighted by molar-refractivity contribution is 0.112. The van der Waals surface area contributed by atoms with Gasteiger partial charge >= 0.3 is 0 Å². The highest BCUT2D eigenvalue weighted by molar-refractivity contribution is 5.73. The molecule has 0 saturated heterocycles. The van der Waals surface area contributed by atoms with Gasteiger partial charge in [0.1, 0.15) is 11.8 Å². The minimum Gasteiger partial charge on any atom is -0.298 e. The summed E-state index contributed by atoms with van der Waals surface area (Å²) in [6.45, 7) is 1.80. The smallest absolute Gasteiger partial charge is 0.153 e. The van der Waals surface area contributed by atoms with Gasteiger partial charge in [0.05, 0.1) is 23.6 Å². The minimum absolute atomic E-state index is 0.395. The molecule has 0 N–H and O–H groups in total. The van der Waals surface area contributed by atoms with E-state index in [0.717, 1.165) is 17.5 Å². The molecule has 0 bridgehead atoms. The second-order valence-corrected chi connectivity index (χ2v) is 3.31. The van der Waals surface area contributed by atoms with Gasteiger partial charge in [-0.15, -0.1) is 0 Å². The summed E-state index contributed by atoms with van der Waals surface area (Å²) in [4.78, 5) is 14.5. The number of nitrogens with zero attached hydrogens (tertiary/aromatic N) is 4. The second kappa shape index (κ2) is 3.95. The van der Waals surface area contributed by atoms with Crippen molar-refractivity contribution in [3.8, 4) is 11.8 Å². The zero-order valence-electron chi connectivity index (χ0n) is 8.58. The van der Waals surface area contributed by atoms with Crippen LogP contribution in [0.5, 0.6) is 0 Å². The third-order valence-electron chi connectivity index (χ3n) is 2.17. The highest BCUT2D eigenvalue weighted by Gasteiger charge is 2.04. The molecule has 2 rings (SSSR count). The minimum atomic E-state index is 0.395. The fourth-order valence-electron chi connectivity index (χ4n) is 1.34. The van der Waals surface area contributed by atoms with Gasteiger partial charge in [-0.3, -0.25) is 4.79 Å². The first-order valence-corrected chi connectivity index (χ1v) is 4.61. The van der Waals surface area contributed by atoms with Crippen LogP contribution in [0.2, 0.25) is 0 Å². The van der Waals surface area contributed by atoms with E-state index >= 15 is 0 Å². The zero-order valence-corrected chi connectivity index (χ0v) is 8.58. The van der Waals surface area contributed by atoms with Crippen LogP contribution in [0.25, 0.3) is 5.69 Å². The third-order valence-corrected chi connectivity index (χ3v) is 2.17. The van der Waals surface area contributed by atoms with Gasteiger partial charge in [0.25, 0.3) is 0 Å². The lowest BCUT2D eigenvalue weighted by atomic mass is 10.2. The lowest BCUT2D eigenvalue weighted by Crippen LogP contribution is -1.98. The van der Waals surface area contributed by atoms with Crippen LogP contribution in [-0.4, -0.2) is 21.1 Å². The SMILES string of the molecule is Cc1cc(-n2cc(C=O)cn2)cnc1C#N. The molecule has 0 aliphatic rings. The number of aldehydes is 1. The van der Waals surface area contributed by atoms with Crippen molar-refractivity contribution in [3.05, 3.63) is 41.5 Å². The molecular formula is C11H8N4O. The van der Waals surface area contributed by atoms with E-state index in [1.165, 1.54) is 6.20 Å². The van der Waals surface area contributed by atoms with Crippen LogP contribution in [0, 0.1) is 18.3 Å². The molecule has 0 fully saturated rings. The van der Waals surface area contributed by atoms with Crippen molar-refractivity contribution in [3.63, 3.8) is 0 Å². The number of aromatic nitrogens is 3. The fourth-order valence-corrected chi connectivity index (χ4v) is 1.34. The molecule has 5 nitrogen and oxygen atoms in total. The van der Waals surface area contributed by atoms with Crippen molar-refractivity contribution in [2.45, 2.75) is 6.92 Å². The van der Waals surface area contributed by atoms with Crippen LogP contribution in [0.15, 0.2) is 24.7 Å². The first kappa shape index (κ1) is 10.1. The van der Waals surface area contributed by atoms with Gasteiger partial charge < -0.3 is 0 Å². The standard InChI is InChI=1S/C11H8N4O/c1-8-2-10(5-13-11(8)3-12)15-6-9(7-16)4-14-15/h2,4-7H,1H3. The summed E-state index contributed by atoms with van der Waals surface area (Å²) in [5.74, 6) is 0.